The summed E-state index contributed by atoms with van der Waals surface area (Å²) in [6.45, 7) is 1.92. The van der Waals surface area contributed by atoms with E-state index >= 15 is 0 Å². The van der Waals surface area contributed by atoms with E-state index in [1.54, 1.807) is 13.2 Å². The molecule has 158 valence electrons. The third-order valence-electron chi connectivity index (χ3n) is 5.26. The van der Waals surface area contributed by atoms with Crippen molar-refractivity contribution in [1.29, 1.82) is 5.26 Å². The summed E-state index contributed by atoms with van der Waals surface area (Å²) < 4.78 is 24.0. The van der Waals surface area contributed by atoms with Crippen LogP contribution in [-0.2, 0) is 24.0 Å². The number of hydrogen-bond donors (Lipinski definition) is 0. The van der Waals surface area contributed by atoms with E-state index in [-0.39, 0.29) is 0 Å². The van der Waals surface area contributed by atoms with E-state index in [9.17, 15) is 4.21 Å². The van der Waals surface area contributed by atoms with Gasteiger partial charge >= 0.3 is 0 Å². The van der Waals surface area contributed by atoms with Crippen molar-refractivity contribution in [3.63, 3.8) is 0 Å². The molecule has 0 aromatic heterocycles. The Labute approximate surface area is 185 Å². The zero-order chi connectivity index (χ0) is 21.6. The molecule has 4 rings (SSSR count). The van der Waals surface area contributed by atoms with E-state index in [0.29, 0.717) is 36.0 Å². The zero-order valence-corrected chi connectivity index (χ0v) is 18.2. The summed E-state index contributed by atoms with van der Waals surface area (Å²) in [5.74, 6) is 2.02. The average Bonchev–Trinajstić information content (AvgIpc) is 2.97. The van der Waals surface area contributed by atoms with Gasteiger partial charge in [0.15, 0.2) is 11.5 Å². The zero-order valence-electron chi connectivity index (χ0n) is 17.4. The van der Waals surface area contributed by atoms with Crippen molar-refractivity contribution in [2.45, 2.75) is 24.5 Å². The molecule has 0 aliphatic carbocycles. The van der Waals surface area contributed by atoms with Gasteiger partial charge in [-0.2, -0.15) is 5.26 Å². The van der Waals surface area contributed by atoms with Gasteiger partial charge in [-0.05, 0) is 53.9 Å². The Morgan fingerprint density at radius 2 is 1.90 bits per heavy atom. The van der Waals surface area contributed by atoms with Gasteiger partial charge in [0.2, 0.25) is 0 Å². The van der Waals surface area contributed by atoms with Crippen LogP contribution in [0, 0.1) is 11.3 Å². The molecule has 1 aliphatic heterocycles. The summed E-state index contributed by atoms with van der Waals surface area (Å²) in [5, 5.41) is 9.06. The molecule has 0 amide bonds. The highest BCUT2D eigenvalue weighted by Crippen LogP contribution is 2.32. The number of methoxy groups -OCH3 is 1. The maximum absolute atomic E-state index is 12.5. The van der Waals surface area contributed by atoms with Crippen LogP contribution in [0.1, 0.15) is 23.1 Å². The quantitative estimate of drug-likeness (QED) is 0.567. The van der Waals surface area contributed by atoms with E-state index in [1.807, 2.05) is 60.7 Å². The molecule has 31 heavy (non-hydrogen) atoms. The van der Waals surface area contributed by atoms with Crippen molar-refractivity contribution in [3.05, 3.63) is 83.4 Å². The van der Waals surface area contributed by atoms with E-state index in [4.69, 9.17) is 14.7 Å². The minimum absolute atomic E-state index is 0.358. The lowest BCUT2D eigenvalue weighted by Crippen LogP contribution is -2.23. The summed E-state index contributed by atoms with van der Waals surface area (Å²) in [7, 11) is 0.681. The van der Waals surface area contributed by atoms with Crippen molar-refractivity contribution in [2.24, 2.45) is 0 Å². The first-order valence-corrected chi connectivity index (χ1v) is 11.5. The molecule has 3 aromatic rings. The molecule has 0 bridgehead atoms. The molecule has 5 nitrogen and oxygen atoms in total. The number of ether oxygens (including phenoxy) is 2. The highest BCUT2D eigenvalue weighted by molar-refractivity contribution is 7.85. The van der Waals surface area contributed by atoms with Gasteiger partial charge in [0.25, 0.3) is 0 Å². The monoisotopic (exact) mass is 432 g/mol. The summed E-state index contributed by atoms with van der Waals surface area (Å²) >= 11 is 0. The number of nitrogens with zero attached hydrogens (tertiary/aromatic N) is 2. The van der Waals surface area contributed by atoms with Crippen LogP contribution in [0.2, 0.25) is 0 Å². The van der Waals surface area contributed by atoms with Crippen molar-refractivity contribution < 1.29 is 13.7 Å². The molecule has 6 heteroatoms. The third kappa shape index (κ3) is 4.89. The smallest absolute Gasteiger partial charge is 0.161 e. The Morgan fingerprint density at radius 3 is 2.74 bits per heavy atom. The van der Waals surface area contributed by atoms with Crippen molar-refractivity contribution in [3.8, 4) is 17.6 Å². The fourth-order valence-electron chi connectivity index (χ4n) is 3.73. The van der Waals surface area contributed by atoms with Gasteiger partial charge in [0, 0.05) is 18.8 Å². The average molecular weight is 433 g/mol. The number of fused-ring (bicyclic) bond motifs is 1. The molecule has 0 unspecified atom stereocenters. The largest absolute Gasteiger partial charge is 0.493 e. The first-order chi connectivity index (χ1) is 15.2. The van der Waals surface area contributed by atoms with Crippen molar-refractivity contribution in [2.75, 3.05) is 24.3 Å². The standard InChI is InChI=1S/C25H24N2O3S/c1-29-24-15-20(10-11-23(24)30-18-21-7-4-6-19(14-21)16-26)17-27-12-5-13-31(28)25-9-3-2-8-22(25)27/h2-4,6-11,14-15H,5,12-13,17-18H2,1H3/t31-/m1/s1. The number of anilines is 1. The second-order valence-electron chi connectivity index (χ2n) is 7.38. The van der Waals surface area contributed by atoms with Gasteiger partial charge in [-0.3, -0.25) is 4.21 Å². The van der Waals surface area contributed by atoms with E-state index in [2.05, 4.69) is 11.0 Å². The molecular formula is C25H24N2O3S. The number of hydrogen-bond acceptors (Lipinski definition) is 5. The summed E-state index contributed by atoms with van der Waals surface area (Å²) in [5.41, 5.74) is 3.68. The summed E-state index contributed by atoms with van der Waals surface area (Å²) in [6.07, 6.45) is 0.890. The minimum atomic E-state index is -0.951. The van der Waals surface area contributed by atoms with E-state index in [1.165, 1.54) is 0 Å². The highest BCUT2D eigenvalue weighted by atomic mass is 32.2. The van der Waals surface area contributed by atoms with Gasteiger partial charge in [-0.25, -0.2) is 0 Å². The predicted octanol–water partition coefficient (Wildman–Crippen LogP) is 4.66. The fraction of sp³-hybridized carbons (Fsp3) is 0.240. The highest BCUT2D eigenvalue weighted by Gasteiger charge is 2.20. The van der Waals surface area contributed by atoms with Crippen molar-refractivity contribution in [1.82, 2.24) is 0 Å². The van der Waals surface area contributed by atoms with Gasteiger partial charge in [-0.15, -0.1) is 0 Å². The van der Waals surface area contributed by atoms with Crippen molar-refractivity contribution >= 4 is 16.5 Å². The Balaban J connectivity index is 1.51. The predicted molar refractivity (Wildman–Crippen MR) is 122 cm³/mol. The lowest BCUT2D eigenvalue weighted by molar-refractivity contribution is 0.284. The second kappa shape index (κ2) is 9.67. The lowest BCUT2D eigenvalue weighted by Gasteiger charge is -2.25. The third-order valence-corrected chi connectivity index (χ3v) is 6.76. The maximum atomic E-state index is 12.5. The molecule has 0 fully saturated rings. The van der Waals surface area contributed by atoms with Crippen LogP contribution < -0.4 is 14.4 Å². The van der Waals surface area contributed by atoms with E-state index in [0.717, 1.165) is 34.7 Å². The lowest BCUT2D eigenvalue weighted by atomic mass is 10.1. The van der Waals surface area contributed by atoms with Gasteiger partial charge < -0.3 is 14.4 Å². The number of benzene rings is 3. The van der Waals surface area contributed by atoms with E-state index < -0.39 is 10.8 Å². The molecule has 1 heterocycles. The van der Waals surface area contributed by atoms with Crippen LogP contribution in [0.15, 0.2) is 71.6 Å². The molecule has 0 saturated heterocycles. The molecule has 0 N–H and O–H groups in total. The van der Waals surface area contributed by atoms with Crippen LogP contribution in [0.25, 0.3) is 0 Å². The van der Waals surface area contributed by atoms with Crippen LogP contribution >= 0.6 is 0 Å². The van der Waals surface area contributed by atoms with Gasteiger partial charge in [0.05, 0.1) is 40.1 Å². The van der Waals surface area contributed by atoms with Gasteiger partial charge in [-0.1, -0.05) is 30.3 Å². The maximum Gasteiger partial charge on any atom is 0.161 e. The molecule has 1 atom stereocenters. The Hall–Kier alpha value is -3.30. The molecule has 0 spiro atoms. The molecular weight excluding hydrogens is 408 g/mol. The molecule has 0 radical (unpaired) electrons. The minimum Gasteiger partial charge on any atom is -0.493 e. The summed E-state index contributed by atoms with van der Waals surface area (Å²) in [4.78, 5) is 3.19. The SMILES string of the molecule is COc1cc(CN2CCC[S@@](=O)c3ccccc32)ccc1OCc1cccc(C#N)c1. The van der Waals surface area contributed by atoms with Gasteiger partial charge in [0.1, 0.15) is 6.61 Å². The fourth-order valence-corrected chi connectivity index (χ4v) is 5.01. The Kier molecular flexibility index (Phi) is 6.54. The normalized spacial score (nSPS) is 15.5. The molecule has 3 aromatic carbocycles. The number of nitriles is 1. The Bertz CT molecular complexity index is 1140. The number of rotatable bonds is 6. The molecule has 1 aliphatic rings. The van der Waals surface area contributed by atoms with Crippen LogP contribution in [0.3, 0.4) is 0 Å². The molecule has 0 saturated carbocycles. The van der Waals surface area contributed by atoms with Crippen LogP contribution in [0.5, 0.6) is 11.5 Å². The summed E-state index contributed by atoms with van der Waals surface area (Å²) in [6, 6.07) is 23.4. The second-order valence-corrected chi connectivity index (χ2v) is 8.92. The van der Waals surface area contributed by atoms with Crippen LogP contribution in [-0.4, -0.2) is 23.6 Å². The van der Waals surface area contributed by atoms with Crippen LogP contribution in [0.4, 0.5) is 5.69 Å². The first-order valence-electron chi connectivity index (χ1n) is 10.2. The Morgan fingerprint density at radius 1 is 1.03 bits per heavy atom. The topological polar surface area (TPSA) is 62.6 Å². The first kappa shape index (κ1) is 21.0. The number of para-hydroxylation sites is 1.